The molecular weight excluding hydrogens is 390 g/mol. The Balaban J connectivity index is 2.27. The fourth-order valence-corrected chi connectivity index (χ4v) is 4.29. The quantitative estimate of drug-likeness (QED) is 0.619. The number of hydrogen-bond acceptors (Lipinski definition) is 5. The Morgan fingerprint density at radius 2 is 1.70 bits per heavy atom. The highest BCUT2D eigenvalue weighted by Gasteiger charge is 2.27. The standard InChI is InChI=1S/C19H22ClNO5S/c1-4-21(5-2)27(23,24)18-12-15(8-11-17(18)25-3)19(22)26-13-14-6-9-16(20)10-7-14/h6-12H,4-5,13H2,1-3H3. The molecule has 0 unspecified atom stereocenters. The molecule has 2 rings (SSSR count). The van der Waals surface area contributed by atoms with Crippen LogP contribution in [0.5, 0.6) is 5.75 Å². The molecular formula is C19H22ClNO5S. The molecule has 0 radical (unpaired) electrons. The van der Waals surface area contributed by atoms with Crippen LogP contribution in [0.3, 0.4) is 0 Å². The SMILES string of the molecule is CCN(CC)S(=O)(=O)c1cc(C(=O)OCc2ccc(Cl)cc2)ccc1OC. The van der Waals surface area contributed by atoms with Gasteiger partial charge >= 0.3 is 5.97 Å². The number of halogens is 1. The molecule has 2 aromatic rings. The van der Waals surface area contributed by atoms with Crippen molar-refractivity contribution in [1.82, 2.24) is 4.31 Å². The van der Waals surface area contributed by atoms with Gasteiger partial charge in [0.1, 0.15) is 17.3 Å². The van der Waals surface area contributed by atoms with Crippen LogP contribution in [-0.4, -0.2) is 38.9 Å². The first-order chi connectivity index (χ1) is 12.8. The van der Waals surface area contributed by atoms with Crippen molar-refractivity contribution in [2.24, 2.45) is 0 Å². The average molecular weight is 412 g/mol. The molecule has 0 aliphatic rings. The number of benzene rings is 2. The lowest BCUT2D eigenvalue weighted by Crippen LogP contribution is -2.31. The Hall–Kier alpha value is -2.09. The summed E-state index contributed by atoms with van der Waals surface area (Å²) in [7, 11) is -2.40. The van der Waals surface area contributed by atoms with Crippen molar-refractivity contribution < 1.29 is 22.7 Å². The van der Waals surface area contributed by atoms with E-state index in [2.05, 4.69) is 0 Å². The Kier molecular flexibility index (Phi) is 7.24. The Morgan fingerprint density at radius 3 is 2.26 bits per heavy atom. The molecule has 0 saturated heterocycles. The van der Waals surface area contributed by atoms with Gasteiger partial charge in [-0.3, -0.25) is 0 Å². The van der Waals surface area contributed by atoms with Gasteiger partial charge in [-0.1, -0.05) is 37.6 Å². The van der Waals surface area contributed by atoms with Crippen molar-refractivity contribution in [3.05, 3.63) is 58.6 Å². The molecule has 6 nitrogen and oxygen atoms in total. The highest BCUT2D eigenvalue weighted by atomic mass is 35.5. The molecule has 8 heteroatoms. The summed E-state index contributed by atoms with van der Waals surface area (Å²) in [6, 6.07) is 11.1. The van der Waals surface area contributed by atoms with Crippen LogP contribution >= 0.6 is 11.6 Å². The third-order valence-corrected chi connectivity index (χ3v) is 6.33. The lowest BCUT2D eigenvalue weighted by atomic mass is 10.2. The van der Waals surface area contributed by atoms with Gasteiger partial charge in [0.15, 0.2) is 0 Å². The summed E-state index contributed by atoms with van der Waals surface area (Å²) in [5.41, 5.74) is 0.910. The van der Waals surface area contributed by atoms with Gasteiger partial charge in [0.05, 0.1) is 12.7 Å². The highest BCUT2D eigenvalue weighted by Crippen LogP contribution is 2.28. The lowest BCUT2D eigenvalue weighted by Gasteiger charge is -2.20. The summed E-state index contributed by atoms with van der Waals surface area (Å²) >= 11 is 5.83. The molecule has 0 spiro atoms. The smallest absolute Gasteiger partial charge is 0.338 e. The predicted molar refractivity (Wildman–Crippen MR) is 104 cm³/mol. The van der Waals surface area contributed by atoms with E-state index in [0.29, 0.717) is 18.1 Å². The maximum Gasteiger partial charge on any atom is 0.338 e. The van der Waals surface area contributed by atoms with Gasteiger partial charge < -0.3 is 9.47 Å². The fourth-order valence-electron chi connectivity index (χ4n) is 2.52. The molecule has 0 atom stereocenters. The molecule has 0 heterocycles. The zero-order chi connectivity index (χ0) is 20.0. The molecule has 0 aromatic heterocycles. The molecule has 0 saturated carbocycles. The van der Waals surface area contributed by atoms with Gasteiger partial charge in [0, 0.05) is 18.1 Å². The van der Waals surface area contributed by atoms with Crippen molar-refractivity contribution >= 4 is 27.6 Å². The minimum Gasteiger partial charge on any atom is -0.495 e. The highest BCUT2D eigenvalue weighted by molar-refractivity contribution is 7.89. The van der Waals surface area contributed by atoms with E-state index in [9.17, 15) is 13.2 Å². The second kappa shape index (κ2) is 9.21. The largest absolute Gasteiger partial charge is 0.495 e. The number of carbonyl (C=O) groups excluding carboxylic acids is 1. The second-order valence-electron chi connectivity index (χ2n) is 5.66. The van der Waals surface area contributed by atoms with Crippen molar-refractivity contribution in [2.75, 3.05) is 20.2 Å². The van der Waals surface area contributed by atoms with E-state index in [1.165, 1.54) is 29.6 Å². The first-order valence-electron chi connectivity index (χ1n) is 8.43. The molecule has 0 aliphatic carbocycles. The summed E-state index contributed by atoms with van der Waals surface area (Å²) in [5, 5.41) is 0.589. The third kappa shape index (κ3) is 5.00. The molecule has 0 aliphatic heterocycles. The average Bonchev–Trinajstić information content (AvgIpc) is 2.67. The van der Waals surface area contributed by atoms with Gasteiger partial charge in [0.25, 0.3) is 0 Å². The van der Waals surface area contributed by atoms with Crippen LogP contribution in [0.2, 0.25) is 5.02 Å². The first-order valence-corrected chi connectivity index (χ1v) is 10.2. The minimum absolute atomic E-state index is 0.0557. The van der Waals surface area contributed by atoms with E-state index in [4.69, 9.17) is 21.1 Å². The minimum atomic E-state index is -3.79. The number of sulfonamides is 1. The molecule has 0 fully saturated rings. The zero-order valence-electron chi connectivity index (χ0n) is 15.4. The van der Waals surface area contributed by atoms with Crippen LogP contribution in [0, 0.1) is 0 Å². The number of nitrogens with zero attached hydrogens (tertiary/aromatic N) is 1. The lowest BCUT2D eigenvalue weighted by molar-refractivity contribution is 0.0472. The van der Waals surface area contributed by atoms with E-state index in [0.717, 1.165) is 5.56 Å². The number of esters is 1. The van der Waals surface area contributed by atoms with Crippen molar-refractivity contribution in [1.29, 1.82) is 0 Å². The molecule has 0 N–H and O–H groups in total. The van der Waals surface area contributed by atoms with E-state index in [1.54, 1.807) is 38.1 Å². The third-order valence-electron chi connectivity index (χ3n) is 4.01. The summed E-state index contributed by atoms with van der Waals surface area (Å²) in [6.07, 6.45) is 0. The summed E-state index contributed by atoms with van der Waals surface area (Å²) < 4.78 is 37.4. The molecule has 27 heavy (non-hydrogen) atoms. The molecule has 2 aromatic carbocycles. The van der Waals surface area contributed by atoms with Gasteiger partial charge in [-0.25, -0.2) is 13.2 Å². The summed E-state index contributed by atoms with van der Waals surface area (Å²) in [5.74, 6) is -0.445. The summed E-state index contributed by atoms with van der Waals surface area (Å²) in [6.45, 7) is 4.18. The summed E-state index contributed by atoms with van der Waals surface area (Å²) in [4.78, 5) is 12.3. The van der Waals surface area contributed by atoms with Crippen LogP contribution in [0.25, 0.3) is 0 Å². The van der Waals surface area contributed by atoms with Gasteiger partial charge in [-0.15, -0.1) is 0 Å². The van der Waals surface area contributed by atoms with E-state index in [-0.39, 0.29) is 22.8 Å². The number of methoxy groups -OCH3 is 1. The van der Waals surface area contributed by atoms with Crippen LogP contribution in [0.15, 0.2) is 47.4 Å². The Bertz CT molecular complexity index is 893. The molecule has 146 valence electrons. The normalized spacial score (nSPS) is 11.4. The van der Waals surface area contributed by atoms with E-state index in [1.807, 2.05) is 0 Å². The van der Waals surface area contributed by atoms with Crippen molar-refractivity contribution in [2.45, 2.75) is 25.3 Å². The Morgan fingerprint density at radius 1 is 1.07 bits per heavy atom. The monoisotopic (exact) mass is 411 g/mol. The zero-order valence-corrected chi connectivity index (χ0v) is 17.0. The van der Waals surface area contributed by atoms with E-state index >= 15 is 0 Å². The Labute approximate surface area is 164 Å². The van der Waals surface area contributed by atoms with Crippen LogP contribution in [0.4, 0.5) is 0 Å². The first kappa shape index (κ1) is 21.2. The van der Waals surface area contributed by atoms with Crippen LogP contribution in [0.1, 0.15) is 29.8 Å². The maximum absolute atomic E-state index is 12.8. The van der Waals surface area contributed by atoms with Crippen LogP contribution < -0.4 is 4.74 Å². The molecule has 0 bridgehead atoms. The van der Waals surface area contributed by atoms with E-state index < -0.39 is 16.0 Å². The van der Waals surface area contributed by atoms with Crippen molar-refractivity contribution in [3.63, 3.8) is 0 Å². The van der Waals surface area contributed by atoms with Gasteiger partial charge in [-0.2, -0.15) is 4.31 Å². The molecule has 0 amide bonds. The van der Waals surface area contributed by atoms with Gasteiger partial charge in [-0.05, 0) is 35.9 Å². The number of rotatable bonds is 8. The fraction of sp³-hybridized carbons (Fsp3) is 0.316. The topological polar surface area (TPSA) is 72.9 Å². The van der Waals surface area contributed by atoms with Crippen molar-refractivity contribution in [3.8, 4) is 5.75 Å². The number of carbonyl (C=O) groups is 1. The second-order valence-corrected chi connectivity index (χ2v) is 8.00. The number of hydrogen-bond donors (Lipinski definition) is 0. The maximum atomic E-state index is 12.8. The predicted octanol–water partition coefficient (Wildman–Crippen LogP) is 3.74. The van der Waals surface area contributed by atoms with Gasteiger partial charge in [0.2, 0.25) is 10.0 Å². The number of ether oxygens (including phenoxy) is 2. The van der Waals surface area contributed by atoms with Crippen LogP contribution in [-0.2, 0) is 21.4 Å².